The van der Waals surface area contributed by atoms with Gasteiger partial charge in [-0.2, -0.15) is 0 Å². The van der Waals surface area contributed by atoms with Crippen molar-refractivity contribution in [2.75, 3.05) is 0 Å². The van der Waals surface area contributed by atoms with Crippen LogP contribution in [0.5, 0.6) is 5.75 Å². The van der Waals surface area contributed by atoms with Crippen molar-refractivity contribution >= 4 is 23.5 Å². The molecule has 3 heteroatoms. The largest absolute Gasteiger partial charge is 0.507 e. The van der Waals surface area contributed by atoms with E-state index in [9.17, 15) is 5.11 Å². The van der Waals surface area contributed by atoms with Gasteiger partial charge in [0, 0.05) is 16.8 Å². The first-order valence-electron chi connectivity index (χ1n) is 6.73. The molecular weight excluding hydrogens is 270 g/mol. The van der Waals surface area contributed by atoms with Crippen molar-refractivity contribution in [3.05, 3.63) is 58.6 Å². The molecule has 1 N–H and O–H groups in total. The number of phenolic OH excluding ortho intramolecular Hbond substituents is 1. The minimum Gasteiger partial charge on any atom is -0.507 e. The normalized spacial score (nSPS) is 12.8. The molecular formula is C17H18ClNO. The first-order chi connectivity index (χ1) is 9.61. The van der Waals surface area contributed by atoms with Crippen LogP contribution in [0, 0.1) is 0 Å². The smallest absolute Gasteiger partial charge is 0.124 e. The van der Waals surface area contributed by atoms with Crippen LogP contribution in [-0.4, -0.2) is 11.3 Å². The van der Waals surface area contributed by atoms with Gasteiger partial charge in [0.15, 0.2) is 0 Å². The molecule has 104 valence electrons. The molecule has 0 saturated carbocycles. The zero-order chi connectivity index (χ0) is 14.5. The zero-order valence-electron chi connectivity index (χ0n) is 11.7. The van der Waals surface area contributed by atoms with Crippen LogP contribution in [0.25, 0.3) is 0 Å². The molecule has 2 rings (SSSR count). The van der Waals surface area contributed by atoms with E-state index in [4.69, 9.17) is 11.6 Å². The van der Waals surface area contributed by atoms with Gasteiger partial charge in [-0.3, -0.25) is 4.99 Å². The third-order valence-electron chi connectivity index (χ3n) is 3.41. The molecule has 20 heavy (non-hydrogen) atoms. The van der Waals surface area contributed by atoms with Gasteiger partial charge in [0.25, 0.3) is 0 Å². The lowest BCUT2D eigenvalue weighted by Gasteiger charge is -2.11. The highest BCUT2D eigenvalue weighted by Gasteiger charge is 2.07. The van der Waals surface area contributed by atoms with E-state index in [2.05, 4.69) is 24.9 Å². The summed E-state index contributed by atoms with van der Waals surface area (Å²) >= 11 is 5.93. The van der Waals surface area contributed by atoms with Gasteiger partial charge in [-0.05, 0) is 42.2 Å². The predicted molar refractivity (Wildman–Crippen MR) is 85.5 cm³/mol. The standard InChI is InChI=1S/C17H18ClNO/c1-3-12(2)15-6-4-5-7-16(15)19-11-13-10-14(18)8-9-17(13)20/h4-12,20H,3H2,1-2H3/t12-/m0/s1. The average molecular weight is 288 g/mol. The fourth-order valence-corrected chi connectivity index (χ4v) is 2.19. The number of benzene rings is 2. The maximum atomic E-state index is 9.79. The summed E-state index contributed by atoms with van der Waals surface area (Å²) in [5.74, 6) is 0.635. The number of hydrogen-bond acceptors (Lipinski definition) is 2. The topological polar surface area (TPSA) is 32.6 Å². The lowest BCUT2D eigenvalue weighted by Crippen LogP contribution is -1.92. The van der Waals surface area contributed by atoms with Crippen molar-refractivity contribution in [1.29, 1.82) is 0 Å². The van der Waals surface area contributed by atoms with Crippen LogP contribution in [0.15, 0.2) is 47.5 Å². The summed E-state index contributed by atoms with van der Waals surface area (Å²) in [6.45, 7) is 4.35. The summed E-state index contributed by atoms with van der Waals surface area (Å²) < 4.78 is 0. The number of nitrogens with zero attached hydrogens (tertiary/aromatic N) is 1. The van der Waals surface area contributed by atoms with E-state index >= 15 is 0 Å². The molecule has 0 fully saturated rings. The molecule has 0 saturated heterocycles. The Morgan fingerprint density at radius 2 is 2.00 bits per heavy atom. The summed E-state index contributed by atoms with van der Waals surface area (Å²) in [4.78, 5) is 4.50. The van der Waals surface area contributed by atoms with E-state index in [0.717, 1.165) is 12.1 Å². The molecule has 2 nitrogen and oxygen atoms in total. The van der Waals surface area contributed by atoms with E-state index in [0.29, 0.717) is 16.5 Å². The molecule has 0 amide bonds. The second-order valence-electron chi connectivity index (χ2n) is 4.83. The van der Waals surface area contributed by atoms with Gasteiger partial charge in [0.1, 0.15) is 5.75 Å². The predicted octanol–water partition coefficient (Wildman–Crippen LogP) is 5.31. The van der Waals surface area contributed by atoms with Gasteiger partial charge in [-0.25, -0.2) is 0 Å². The average Bonchev–Trinajstić information content (AvgIpc) is 2.47. The molecule has 0 unspecified atom stereocenters. The minimum absolute atomic E-state index is 0.180. The molecule has 0 aliphatic carbocycles. The van der Waals surface area contributed by atoms with Crippen molar-refractivity contribution in [2.24, 2.45) is 4.99 Å². The summed E-state index contributed by atoms with van der Waals surface area (Å²) in [6, 6.07) is 13.0. The maximum Gasteiger partial charge on any atom is 0.124 e. The lowest BCUT2D eigenvalue weighted by molar-refractivity contribution is 0.474. The Kier molecular flexibility index (Phi) is 4.80. The second kappa shape index (κ2) is 6.58. The Labute approximate surface area is 124 Å². The second-order valence-corrected chi connectivity index (χ2v) is 5.27. The highest BCUT2D eigenvalue weighted by molar-refractivity contribution is 6.30. The van der Waals surface area contributed by atoms with E-state index in [-0.39, 0.29) is 5.75 Å². The summed E-state index contributed by atoms with van der Waals surface area (Å²) in [5, 5.41) is 10.4. The number of halogens is 1. The molecule has 0 bridgehead atoms. The number of aliphatic imine (C=N–C) groups is 1. The van der Waals surface area contributed by atoms with Gasteiger partial charge in [-0.15, -0.1) is 0 Å². The maximum absolute atomic E-state index is 9.79. The first-order valence-corrected chi connectivity index (χ1v) is 7.11. The van der Waals surface area contributed by atoms with E-state index in [1.54, 1.807) is 24.4 Å². The summed E-state index contributed by atoms with van der Waals surface area (Å²) in [6.07, 6.45) is 2.72. The number of rotatable bonds is 4. The van der Waals surface area contributed by atoms with Crippen molar-refractivity contribution < 1.29 is 5.11 Å². The quantitative estimate of drug-likeness (QED) is 0.759. The van der Waals surface area contributed by atoms with Gasteiger partial charge < -0.3 is 5.11 Å². The highest BCUT2D eigenvalue weighted by Crippen LogP contribution is 2.29. The molecule has 0 heterocycles. The Bertz CT molecular complexity index is 622. The summed E-state index contributed by atoms with van der Waals surface area (Å²) in [7, 11) is 0. The number of para-hydroxylation sites is 1. The van der Waals surface area contributed by atoms with Crippen LogP contribution in [0.2, 0.25) is 5.02 Å². The van der Waals surface area contributed by atoms with E-state index in [1.807, 2.05) is 18.2 Å². The van der Waals surface area contributed by atoms with Crippen molar-refractivity contribution in [1.82, 2.24) is 0 Å². The van der Waals surface area contributed by atoms with Crippen LogP contribution in [0.4, 0.5) is 5.69 Å². The molecule has 0 aromatic heterocycles. The SMILES string of the molecule is CC[C@H](C)c1ccccc1N=Cc1cc(Cl)ccc1O. The Morgan fingerprint density at radius 1 is 1.25 bits per heavy atom. The number of aromatic hydroxyl groups is 1. The van der Waals surface area contributed by atoms with Crippen LogP contribution in [0.3, 0.4) is 0 Å². The van der Waals surface area contributed by atoms with E-state index < -0.39 is 0 Å². The molecule has 0 spiro atoms. The number of hydrogen-bond donors (Lipinski definition) is 1. The van der Waals surface area contributed by atoms with Crippen molar-refractivity contribution in [3.63, 3.8) is 0 Å². The summed E-state index contributed by atoms with van der Waals surface area (Å²) in [5.41, 5.74) is 2.77. The van der Waals surface area contributed by atoms with Gasteiger partial charge in [-0.1, -0.05) is 43.6 Å². The molecule has 0 radical (unpaired) electrons. The van der Waals surface area contributed by atoms with Crippen molar-refractivity contribution in [3.8, 4) is 5.75 Å². The van der Waals surface area contributed by atoms with Crippen LogP contribution < -0.4 is 0 Å². The third kappa shape index (κ3) is 3.40. The Morgan fingerprint density at radius 3 is 2.75 bits per heavy atom. The Hall–Kier alpha value is -1.80. The highest BCUT2D eigenvalue weighted by atomic mass is 35.5. The zero-order valence-corrected chi connectivity index (χ0v) is 12.4. The molecule has 0 aliphatic rings. The fourth-order valence-electron chi connectivity index (χ4n) is 2.01. The fraction of sp³-hybridized carbons (Fsp3) is 0.235. The molecule has 2 aromatic carbocycles. The number of phenols is 1. The van der Waals surface area contributed by atoms with Crippen LogP contribution in [0.1, 0.15) is 37.3 Å². The molecule has 1 atom stereocenters. The first kappa shape index (κ1) is 14.6. The molecule has 0 aliphatic heterocycles. The van der Waals surface area contributed by atoms with Gasteiger partial charge in [0.05, 0.1) is 5.69 Å². The van der Waals surface area contributed by atoms with Gasteiger partial charge in [0.2, 0.25) is 0 Å². The van der Waals surface area contributed by atoms with Crippen LogP contribution in [-0.2, 0) is 0 Å². The lowest BCUT2D eigenvalue weighted by atomic mass is 9.97. The third-order valence-corrected chi connectivity index (χ3v) is 3.65. The monoisotopic (exact) mass is 287 g/mol. The van der Waals surface area contributed by atoms with Gasteiger partial charge >= 0.3 is 0 Å². The van der Waals surface area contributed by atoms with E-state index in [1.165, 1.54) is 5.56 Å². The molecule has 2 aromatic rings. The van der Waals surface area contributed by atoms with Crippen LogP contribution >= 0.6 is 11.6 Å². The Balaban J connectivity index is 2.34. The minimum atomic E-state index is 0.180. The van der Waals surface area contributed by atoms with Crippen molar-refractivity contribution in [2.45, 2.75) is 26.2 Å².